The fourth-order valence-electron chi connectivity index (χ4n) is 5.04. The molecule has 2 N–H and O–H groups in total. The topological polar surface area (TPSA) is 106 Å². The number of benzene rings is 1. The van der Waals surface area contributed by atoms with Crippen molar-refractivity contribution in [1.82, 2.24) is 4.90 Å². The largest absolute Gasteiger partial charge is 0.504 e. The molecule has 8 nitrogen and oxygen atoms in total. The maximum Gasteiger partial charge on any atom is 0.303 e. The van der Waals surface area contributed by atoms with Gasteiger partial charge >= 0.3 is 5.97 Å². The van der Waals surface area contributed by atoms with Gasteiger partial charge in [0.1, 0.15) is 6.10 Å². The number of methoxy groups -OCH3 is 2. The number of likely N-dealkylation sites (N-methyl/N-ethyl adjacent to an activating group) is 1. The normalized spacial score (nSPS) is 25.5. The number of hydrogen-bond acceptors (Lipinski definition) is 8. The van der Waals surface area contributed by atoms with Gasteiger partial charge in [0.25, 0.3) is 0 Å². The van der Waals surface area contributed by atoms with Crippen LogP contribution in [0.1, 0.15) is 55.4 Å². The van der Waals surface area contributed by atoms with Crippen LogP contribution in [0.3, 0.4) is 0 Å². The van der Waals surface area contributed by atoms with Crippen molar-refractivity contribution in [2.75, 3.05) is 27.8 Å². The molecule has 0 amide bonds. The van der Waals surface area contributed by atoms with Gasteiger partial charge in [0.2, 0.25) is 0 Å². The van der Waals surface area contributed by atoms with Crippen LogP contribution in [0.25, 0.3) is 0 Å². The monoisotopic (exact) mass is 433 g/mol. The van der Waals surface area contributed by atoms with Gasteiger partial charge in [0.05, 0.1) is 26.9 Å². The first kappa shape index (κ1) is 23.1. The zero-order valence-electron chi connectivity index (χ0n) is 18.7. The lowest BCUT2D eigenvalue weighted by Crippen LogP contribution is -2.53. The van der Waals surface area contributed by atoms with Crippen molar-refractivity contribution in [3.05, 3.63) is 34.6 Å². The lowest BCUT2D eigenvalue weighted by molar-refractivity contribution is -0.153. The highest BCUT2D eigenvalue weighted by Gasteiger charge is 2.51. The minimum absolute atomic E-state index is 0.0287. The quantitative estimate of drug-likeness (QED) is 0.384. The molecular formula is C23H31NO7. The number of aliphatic hydroxyl groups is 1. The van der Waals surface area contributed by atoms with E-state index in [1.54, 1.807) is 19.1 Å². The molecule has 1 fully saturated rings. The Morgan fingerprint density at radius 3 is 2.55 bits per heavy atom. The van der Waals surface area contributed by atoms with Crippen LogP contribution in [-0.4, -0.2) is 60.7 Å². The highest BCUT2D eigenvalue weighted by molar-refractivity contribution is 5.93. The van der Waals surface area contributed by atoms with Crippen molar-refractivity contribution in [2.45, 2.75) is 51.4 Å². The summed E-state index contributed by atoms with van der Waals surface area (Å²) in [5.41, 5.74) is 1.75. The van der Waals surface area contributed by atoms with Crippen LogP contribution in [0.4, 0.5) is 0 Å². The van der Waals surface area contributed by atoms with Crippen molar-refractivity contribution in [3.63, 3.8) is 0 Å². The van der Waals surface area contributed by atoms with E-state index in [0.717, 1.165) is 0 Å². The highest BCUT2D eigenvalue weighted by atomic mass is 16.5. The number of fused-ring (bicyclic) bond motifs is 4. The molecule has 1 saturated heterocycles. The second-order valence-electron chi connectivity index (χ2n) is 8.06. The number of ether oxygens (including phenoxy) is 3. The lowest BCUT2D eigenvalue weighted by atomic mass is 9.65. The number of ketones is 1. The number of carbonyl (C=O) groups excluding carboxylic acids is 2. The van der Waals surface area contributed by atoms with Crippen LogP contribution < -0.4 is 4.74 Å². The first-order valence-corrected chi connectivity index (χ1v) is 10.5. The summed E-state index contributed by atoms with van der Waals surface area (Å²) in [6.07, 6.45) is 2.07. The summed E-state index contributed by atoms with van der Waals surface area (Å²) < 4.78 is 16.5. The molecule has 1 aliphatic carbocycles. The second kappa shape index (κ2) is 9.28. The van der Waals surface area contributed by atoms with Gasteiger partial charge in [-0.3, -0.25) is 14.5 Å². The number of Topliss-reactive ketones (excluding diaryl/α,β-unsaturated/α-hetero) is 1. The summed E-state index contributed by atoms with van der Waals surface area (Å²) in [5, 5.41) is 21.1. The Balaban J connectivity index is 2.30. The van der Waals surface area contributed by atoms with E-state index in [4.69, 9.17) is 14.2 Å². The third-order valence-electron chi connectivity index (χ3n) is 6.40. The Morgan fingerprint density at radius 2 is 2.00 bits per heavy atom. The van der Waals surface area contributed by atoms with Crippen LogP contribution in [0.2, 0.25) is 0 Å². The molecular weight excluding hydrogens is 402 g/mol. The SMILES string of the molecule is CCC(=O)C(=CC1C2CCN(C)C1C(OC(C)=O)c1c(CO)cc(OC)c(O)c12)OC. The van der Waals surface area contributed by atoms with Crippen molar-refractivity contribution < 1.29 is 34.0 Å². The van der Waals surface area contributed by atoms with E-state index in [2.05, 4.69) is 4.90 Å². The zero-order valence-corrected chi connectivity index (χ0v) is 18.7. The number of aromatic hydroxyl groups is 1. The number of rotatable bonds is 7. The molecule has 4 unspecified atom stereocenters. The molecule has 170 valence electrons. The maximum atomic E-state index is 12.4. The Morgan fingerprint density at radius 1 is 1.29 bits per heavy atom. The van der Waals surface area contributed by atoms with Gasteiger partial charge in [0, 0.05) is 30.4 Å². The molecule has 0 radical (unpaired) electrons. The molecule has 1 aromatic carbocycles. The average molecular weight is 434 g/mol. The summed E-state index contributed by atoms with van der Waals surface area (Å²) in [5.74, 6) is -0.535. The van der Waals surface area contributed by atoms with Crippen LogP contribution >= 0.6 is 0 Å². The lowest BCUT2D eigenvalue weighted by Gasteiger charge is -2.51. The van der Waals surface area contributed by atoms with Crippen LogP contribution in [0.15, 0.2) is 17.9 Å². The number of nitrogens with zero attached hydrogens (tertiary/aromatic N) is 1. The van der Waals surface area contributed by atoms with Crippen molar-refractivity contribution in [3.8, 4) is 11.5 Å². The molecule has 3 rings (SSSR count). The molecule has 0 aromatic heterocycles. The Labute approximate surface area is 182 Å². The smallest absolute Gasteiger partial charge is 0.303 e. The number of esters is 1. The van der Waals surface area contributed by atoms with E-state index in [9.17, 15) is 19.8 Å². The predicted octanol–water partition coefficient (Wildman–Crippen LogP) is 2.42. The molecule has 2 aliphatic rings. The van der Waals surface area contributed by atoms with E-state index in [1.165, 1.54) is 21.1 Å². The van der Waals surface area contributed by atoms with Crippen LogP contribution in [-0.2, 0) is 25.7 Å². The van der Waals surface area contributed by atoms with Gasteiger partial charge in [-0.2, -0.15) is 0 Å². The number of hydrogen-bond donors (Lipinski definition) is 2. The van der Waals surface area contributed by atoms with E-state index in [1.807, 2.05) is 7.05 Å². The minimum atomic E-state index is -0.732. The first-order valence-electron chi connectivity index (χ1n) is 10.5. The predicted molar refractivity (Wildman–Crippen MR) is 113 cm³/mol. The van der Waals surface area contributed by atoms with Gasteiger partial charge in [-0.25, -0.2) is 0 Å². The standard InChI is InChI=1S/C23H31NO7/c1-6-16(27)17(29-4)10-15-14-7-8-24(3)21(15)23(31-12(2)26)19-13(11-25)9-18(30-5)22(28)20(14)19/h9-10,14-15,21,23,25,28H,6-8,11H2,1-5H3. The van der Waals surface area contributed by atoms with Gasteiger partial charge in [-0.1, -0.05) is 6.92 Å². The second-order valence-corrected chi connectivity index (χ2v) is 8.06. The number of piperidine rings is 1. The number of likely N-dealkylation sites (tertiary alicyclic amines) is 1. The molecule has 0 saturated carbocycles. The summed E-state index contributed by atoms with van der Waals surface area (Å²) in [7, 11) is 4.86. The third kappa shape index (κ3) is 4.02. The van der Waals surface area contributed by atoms with Gasteiger partial charge in [-0.15, -0.1) is 0 Å². The van der Waals surface area contributed by atoms with Crippen LogP contribution in [0.5, 0.6) is 11.5 Å². The fourth-order valence-corrected chi connectivity index (χ4v) is 5.04. The molecule has 0 spiro atoms. The van der Waals surface area contributed by atoms with Gasteiger partial charge in [-0.05, 0) is 43.6 Å². The molecule has 31 heavy (non-hydrogen) atoms. The van der Waals surface area contributed by atoms with Gasteiger partial charge in [0.15, 0.2) is 23.0 Å². The fraction of sp³-hybridized carbons (Fsp3) is 0.565. The van der Waals surface area contributed by atoms with E-state index >= 15 is 0 Å². The molecule has 8 heteroatoms. The van der Waals surface area contributed by atoms with Crippen molar-refractivity contribution in [2.24, 2.45) is 5.92 Å². The highest BCUT2D eigenvalue weighted by Crippen LogP contribution is 2.56. The Hall–Kier alpha value is -2.58. The number of phenolic OH excluding ortho intramolecular Hbond substituents is 1. The zero-order chi connectivity index (χ0) is 22.9. The third-order valence-corrected chi connectivity index (χ3v) is 6.40. The van der Waals surface area contributed by atoms with E-state index in [-0.39, 0.29) is 47.5 Å². The number of phenols is 1. The molecule has 1 heterocycles. The minimum Gasteiger partial charge on any atom is -0.504 e. The summed E-state index contributed by atoms with van der Waals surface area (Å²) >= 11 is 0. The Bertz CT molecular complexity index is 894. The summed E-state index contributed by atoms with van der Waals surface area (Å²) in [6, 6.07) is 1.29. The first-order chi connectivity index (χ1) is 14.8. The average Bonchev–Trinajstić information content (AvgIpc) is 2.75. The number of carbonyl (C=O) groups is 2. The molecule has 1 aliphatic heterocycles. The number of allylic oxidation sites excluding steroid dienone is 1. The summed E-state index contributed by atoms with van der Waals surface area (Å²) in [4.78, 5) is 26.5. The molecule has 1 aromatic rings. The number of aliphatic hydroxyl groups excluding tert-OH is 1. The van der Waals surface area contributed by atoms with Gasteiger partial charge < -0.3 is 24.4 Å². The van der Waals surface area contributed by atoms with E-state index < -0.39 is 12.1 Å². The summed E-state index contributed by atoms with van der Waals surface area (Å²) in [6.45, 7) is 3.52. The van der Waals surface area contributed by atoms with Crippen molar-refractivity contribution in [1.29, 1.82) is 0 Å². The Kier molecular flexibility index (Phi) is 6.91. The maximum absolute atomic E-state index is 12.4. The van der Waals surface area contributed by atoms with Crippen molar-refractivity contribution >= 4 is 11.8 Å². The molecule has 4 atom stereocenters. The van der Waals surface area contributed by atoms with Crippen LogP contribution in [0, 0.1) is 5.92 Å². The van der Waals surface area contributed by atoms with E-state index in [0.29, 0.717) is 36.1 Å². The molecule has 2 bridgehead atoms.